The average Bonchev–Trinajstić information content (AvgIpc) is 2.36. The van der Waals surface area contributed by atoms with E-state index in [9.17, 15) is 8.78 Å². The van der Waals surface area contributed by atoms with Crippen LogP contribution in [0.2, 0.25) is 0 Å². The van der Waals surface area contributed by atoms with Crippen LogP contribution in [0.1, 0.15) is 12.5 Å². The van der Waals surface area contributed by atoms with E-state index in [1.165, 1.54) is 17.8 Å². The number of nitrogens with two attached hydrogens (primary N) is 1. The fraction of sp³-hybridized carbons (Fsp3) is 0.364. The molecular weight excluding hydrogens is 262 g/mol. The SMILES string of the molecule is CCSc1cccc(OCC(F)F)c1/C(N)=N/O. The predicted molar refractivity (Wildman–Crippen MR) is 66.8 cm³/mol. The van der Waals surface area contributed by atoms with Crippen LogP contribution in [0.15, 0.2) is 28.3 Å². The number of alkyl halides is 2. The van der Waals surface area contributed by atoms with Crippen LogP contribution in [-0.2, 0) is 0 Å². The van der Waals surface area contributed by atoms with E-state index in [0.29, 0.717) is 5.56 Å². The lowest BCUT2D eigenvalue weighted by Gasteiger charge is -2.13. The fourth-order valence-corrected chi connectivity index (χ4v) is 2.20. The van der Waals surface area contributed by atoms with Gasteiger partial charge in [0.05, 0.1) is 5.56 Å². The molecule has 1 rings (SSSR count). The van der Waals surface area contributed by atoms with Crippen LogP contribution < -0.4 is 10.5 Å². The Hall–Kier alpha value is -1.50. The van der Waals surface area contributed by atoms with Gasteiger partial charge in [-0.25, -0.2) is 8.78 Å². The molecule has 0 fully saturated rings. The summed E-state index contributed by atoms with van der Waals surface area (Å²) in [6.45, 7) is 1.21. The number of thioether (sulfide) groups is 1. The Morgan fingerprint density at radius 2 is 2.28 bits per heavy atom. The van der Waals surface area contributed by atoms with Crippen LogP contribution in [0, 0.1) is 0 Å². The summed E-state index contributed by atoms with van der Waals surface area (Å²) in [5.41, 5.74) is 5.89. The van der Waals surface area contributed by atoms with Crippen molar-refractivity contribution in [1.82, 2.24) is 0 Å². The number of oxime groups is 1. The molecule has 18 heavy (non-hydrogen) atoms. The van der Waals surface area contributed by atoms with Gasteiger partial charge in [0.15, 0.2) is 5.84 Å². The molecule has 0 atom stereocenters. The summed E-state index contributed by atoms with van der Waals surface area (Å²) >= 11 is 1.45. The molecule has 0 aliphatic carbocycles. The molecule has 7 heteroatoms. The summed E-state index contributed by atoms with van der Waals surface area (Å²) < 4.78 is 29.3. The third kappa shape index (κ3) is 3.76. The van der Waals surface area contributed by atoms with Crippen molar-refractivity contribution in [2.45, 2.75) is 18.2 Å². The topological polar surface area (TPSA) is 67.8 Å². The highest BCUT2D eigenvalue weighted by molar-refractivity contribution is 7.99. The molecule has 0 saturated heterocycles. The Labute approximate surface area is 108 Å². The van der Waals surface area contributed by atoms with Gasteiger partial charge in [0, 0.05) is 4.90 Å². The molecule has 0 bridgehead atoms. The maximum atomic E-state index is 12.1. The second kappa shape index (κ2) is 7.05. The zero-order chi connectivity index (χ0) is 13.5. The molecule has 0 aromatic heterocycles. The van der Waals surface area contributed by atoms with E-state index in [-0.39, 0.29) is 11.6 Å². The Bertz CT molecular complexity index is 428. The fourth-order valence-electron chi connectivity index (χ4n) is 1.36. The van der Waals surface area contributed by atoms with Gasteiger partial charge >= 0.3 is 0 Å². The van der Waals surface area contributed by atoms with E-state index in [1.54, 1.807) is 12.1 Å². The lowest BCUT2D eigenvalue weighted by Crippen LogP contribution is -2.17. The van der Waals surface area contributed by atoms with Crippen molar-refractivity contribution >= 4 is 17.6 Å². The molecular formula is C11H14F2N2O2S. The molecule has 0 aliphatic rings. The molecule has 100 valence electrons. The van der Waals surface area contributed by atoms with Crippen LogP contribution in [0.4, 0.5) is 8.78 Å². The Morgan fingerprint density at radius 1 is 1.56 bits per heavy atom. The summed E-state index contributed by atoms with van der Waals surface area (Å²) in [6.07, 6.45) is -2.58. The van der Waals surface area contributed by atoms with Crippen LogP contribution in [0.3, 0.4) is 0 Å². The van der Waals surface area contributed by atoms with Crippen LogP contribution in [0.5, 0.6) is 5.75 Å². The first-order valence-corrected chi connectivity index (χ1v) is 6.23. The minimum atomic E-state index is -2.58. The van der Waals surface area contributed by atoms with Crippen molar-refractivity contribution in [3.8, 4) is 5.75 Å². The quantitative estimate of drug-likeness (QED) is 0.275. The highest BCUT2D eigenvalue weighted by Gasteiger charge is 2.15. The van der Waals surface area contributed by atoms with Gasteiger partial charge in [-0.2, -0.15) is 0 Å². The largest absolute Gasteiger partial charge is 0.487 e. The van der Waals surface area contributed by atoms with E-state index < -0.39 is 13.0 Å². The molecule has 0 spiro atoms. The summed E-state index contributed by atoms with van der Waals surface area (Å²) in [5.74, 6) is 0.796. The molecule has 4 nitrogen and oxygen atoms in total. The van der Waals surface area contributed by atoms with E-state index in [1.807, 2.05) is 6.92 Å². The van der Waals surface area contributed by atoms with Crippen molar-refractivity contribution in [1.29, 1.82) is 0 Å². The molecule has 0 unspecified atom stereocenters. The number of rotatable bonds is 6. The van der Waals surface area contributed by atoms with E-state index >= 15 is 0 Å². The van der Waals surface area contributed by atoms with E-state index in [4.69, 9.17) is 15.7 Å². The van der Waals surface area contributed by atoms with Gasteiger partial charge in [-0.15, -0.1) is 11.8 Å². The molecule has 0 radical (unpaired) electrons. The lowest BCUT2D eigenvalue weighted by atomic mass is 10.2. The van der Waals surface area contributed by atoms with Crippen LogP contribution in [0.25, 0.3) is 0 Å². The average molecular weight is 276 g/mol. The third-order valence-corrected chi connectivity index (χ3v) is 2.96. The molecule has 0 amide bonds. The number of halogens is 2. The molecule has 1 aromatic rings. The third-order valence-electron chi connectivity index (χ3n) is 2.02. The smallest absolute Gasteiger partial charge is 0.272 e. The molecule has 3 N–H and O–H groups in total. The van der Waals surface area contributed by atoms with Gasteiger partial charge in [-0.1, -0.05) is 18.1 Å². The van der Waals surface area contributed by atoms with Crippen LogP contribution in [-0.4, -0.2) is 29.8 Å². The highest BCUT2D eigenvalue weighted by atomic mass is 32.2. The first-order chi connectivity index (χ1) is 8.60. The Balaban J connectivity index is 3.11. The Kier molecular flexibility index (Phi) is 5.70. The van der Waals surface area contributed by atoms with Crippen molar-refractivity contribution in [2.75, 3.05) is 12.4 Å². The van der Waals surface area contributed by atoms with Gasteiger partial charge in [0.2, 0.25) is 0 Å². The van der Waals surface area contributed by atoms with Gasteiger partial charge in [-0.3, -0.25) is 0 Å². The summed E-state index contributed by atoms with van der Waals surface area (Å²) in [7, 11) is 0. The predicted octanol–water partition coefficient (Wildman–Crippen LogP) is 2.54. The number of amidine groups is 1. The van der Waals surface area contributed by atoms with E-state index in [2.05, 4.69) is 5.16 Å². The van der Waals surface area contributed by atoms with Crippen LogP contribution >= 0.6 is 11.8 Å². The maximum Gasteiger partial charge on any atom is 0.272 e. The molecule has 0 heterocycles. The monoisotopic (exact) mass is 276 g/mol. The zero-order valence-corrected chi connectivity index (χ0v) is 10.6. The standard InChI is InChI=1S/C11H14F2N2O2S/c1-2-18-8-5-3-4-7(17-6-9(12)13)10(8)11(14)15-16/h3-5,9,16H,2,6H2,1H3,(H2,14,15). The number of benzene rings is 1. The summed E-state index contributed by atoms with van der Waals surface area (Å²) in [5, 5.41) is 11.6. The van der Waals surface area contributed by atoms with Crippen molar-refractivity contribution in [2.24, 2.45) is 10.9 Å². The molecule has 0 saturated carbocycles. The van der Waals surface area contributed by atoms with Gasteiger partial charge in [0.1, 0.15) is 12.4 Å². The first-order valence-electron chi connectivity index (χ1n) is 5.24. The normalized spacial score (nSPS) is 11.9. The van der Waals surface area contributed by atoms with Crippen molar-refractivity contribution < 1.29 is 18.7 Å². The summed E-state index contributed by atoms with van der Waals surface area (Å²) in [6, 6.07) is 4.94. The van der Waals surface area contributed by atoms with Crippen molar-refractivity contribution in [3.05, 3.63) is 23.8 Å². The second-order valence-electron chi connectivity index (χ2n) is 3.25. The molecule has 0 aliphatic heterocycles. The van der Waals surface area contributed by atoms with Crippen molar-refractivity contribution in [3.63, 3.8) is 0 Å². The Morgan fingerprint density at radius 3 is 2.83 bits per heavy atom. The van der Waals surface area contributed by atoms with Gasteiger partial charge in [-0.05, 0) is 17.9 Å². The number of hydrogen-bond donors (Lipinski definition) is 2. The lowest BCUT2D eigenvalue weighted by molar-refractivity contribution is 0.0817. The first kappa shape index (κ1) is 14.6. The number of nitrogens with zero attached hydrogens (tertiary/aromatic N) is 1. The molecule has 1 aromatic carbocycles. The zero-order valence-electron chi connectivity index (χ0n) is 9.77. The highest BCUT2D eigenvalue weighted by Crippen LogP contribution is 2.30. The van der Waals surface area contributed by atoms with Gasteiger partial charge in [0.25, 0.3) is 6.43 Å². The minimum Gasteiger partial charge on any atom is -0.487 e. The van der Waals surface area contributed by atoms with Gasteiger partial charge < -0.3 is 15.7 Å². The number of ether oxygens (including phenoxy) is 1. The maximum absolute atomic E-state index is 12.1. The summed E-state index contributed by atoms with van der Waals surface area (Å²) in [4.78, 5) is 0.722. The number of hydrogen-bond acceptors (Lipinski definition) is 4. The minimum absolute atomic E-state index is 0.157. The van der Waals surface area contributed by atoms with E-state index in [0.717, 1.165) is 10.6 Å². The second-order valence-corrected chi connectivity index (χ2v) is 4.56.